The lowest BCUT2D eigenvalue weighted by Gasteiger charge is -2.45. The summed E-state index contributed by atoms with van der Waals surface area (Å²) in [6, 6.07) is 0.742. The Kier molecular flexibility index (Phi) is 4.31. The Hall–Kier alpha value is -1.10. The first-order chi connectivity index (χ1) is 11.2. The first-order valence-corrected chi connectivity index (χ1v) is 9.51. The molecule has 0 aromatic heterocycles. The van der Waals surface area contributed by atoms with E-state index in [2.05, 4.69) is 10.2 Å². The van der Waals surface area contributed by atoms with E-state index in [4.69, 9.17) is 0 Å². The Bertz CT molecular complexity index is 465. The largest absolute Gasteiger partial charge is 0.353 e. The maximum Gasteiger partial charge on any atom is 0.225 e. The maximum atomic E-state index is 12.2. The predicted octanol–water partition coefficient (Wildman–Crippen LogP) is 1.38. The molecule has 5 heteroatoms. The van der Waals surface area contributed by atoms with E-state index in [0.717, 1.165) is 31.8 Å². The van der Waals surface area contributed by atoms with Crippen molar-refractivity contribution in [2.45, 2.75) is 63.5 Å². The number of hydrogen-bond donors (Lipinski definition) is 1. The summed E-state index contributed by atoms with van der Waals surface area (Å²) in [5.74, 6) is 1.04. The third kappa shape index (κ3) is 3.54. The molecule has 5 nitrogen and oxygen atoms in total. The van der Waals surface area contributed by atoms with Crippen molar-refractivity contribution in [3.63, 3.8) is 0 Å². The molecule has 2 amide bonds. The summed E-state index contributed by atoms with van der Waals surface area (Å²) in [4.78, 5) is 28.9. The van der Waals surface area contributed by atoms with Crippen LogP contribution in [0.3, 0.4) is 0 Å². The van der Waals surface area contributed by atoms with Gasteiger partial charge in [0.25, 0.3) is 0 Å². The van der Waals surface area contributed by atoms with Crippen LogP contribution in [0.15, 0.2) is 0 Å². The van der Waals surface area contributed by atoms with E-state index in [1.165, 1.54) is 38.6 Å². The molecule has 1 atom stereocenters. The molecule has 4 rings (SSSR count). The van der Waals surface area contributed by atoms with Gasteiger partial charge < -0.3 is 10.2 Å². The molecule has 128 valence electrons. The van der Waals surface area contributed by atoms with Gasteiger partial charge in [-0.1, -0.05) is 19.3 Å². The lowest BCUT2D eigenvalue weighted by molar-refractivity contribution is -0.133. The van der Waals surface area contributed by atoms with Crippen molar-refractivity contribution in [1.82, 2.24) is 15.1 Å². The summed E-state index contributed by atoms with van der Waals surface area (Å²) >= 11 is 0. The van der Waals surface area contributed by atoms with E-state index in [-0.39, 0.29) is 17.7 Å². The van der Waals surface area contributed by atoms with Crippen molar-refractivity contribution in [1.29, 1.82) is 0 Å². The molecule has 1 unspecified atom stereocenters. The number of nitrogens with zero attached hydrogens (tertiary/aromatic N) is 2. The van der Waals surface area contributed by atoms with E-state index in [9.17, 15) is 9.59 Å². The van der Waals surface area contributed by atoms with Crippen molar-refractivity contribution in [3.05, 3.63) is 0 Å². The topological polar surface area (TPSA) is 52.7 Å². The molecule has 4 fully saturated rings. The van der Waals surface area contributed by atoms with Gasteiger partial charge in [-0.15, -0.1) is 0 Å². The second-order valence-electron chi connectivity index (χ2n) is 8.11. The lowest BCUT2D eigenvalue weighted by atomic mass is 9.88. The highest BCUT2D eigenvalue weighted by atomic mass is 16.2. The minimum Gasteiger partial charge on any atom is -0.353 e. The average Bonchev–Trinajstić information content (AvgIpc) is 3.24. The summed E-state index contributed by atoms with van der Waals surface area (Å²) in [7, 11) is 0. The molecule has 2 heterocycles. The second-order valence-corrected chi connectivity index (χ2v) is 8.11. The standard InChI is InChI=1S/C18H29N3O2/c22-17-8-14(18(23)19-15-6-7-15)10-21(17)16-11-20(12-16)9-13-4-2-1-3-5-13/h13-16H,1-12H2,(H,19,23). The van der Waals surface area contributed by atoms with Crippen molar-refractivity contribution >= 4 is 11.8 Å². The number of carbonyl (C=O) groups is 2. The van der Waals surface area contributed by atoms with E-state index >= 15 is 0 Å². The van der Waals surface area contributed by atoms with E-state index in [1.807, 2.05) is 4.90 Å². The van der Waals surface area contributed by atoms with E-state index in [0.29, 0.717) is 25.0 Å². The number of likely N-dealkylation sites (tertiary alicyclic amines) is 2. The highest BCUT2D eigenvalue weighted by Crippen LogP contribution is 2.29. The molecule has 0 spiro atoms. The molecule has 0 aromatic carbocycles. The number of rotatable bonds is 5. The monoisotopic (exact) mass is 319 g/mol. The van der Waals surface area contributed by atoms with Crippen LogP contribution >= 0.6 is 0 Å². The van der Waals surface area contributed by atoms with Gasteiger partial charge in [0.1, 0.15) is 0 Å². The molecule has 2 aliphatic heterocycles. The quantitative estimate of drug-likeness (QED) is 0.833. The molecule has 2 saturated carbocycles. The van der Waals surface area contributed by atoms with Crippen LogP contribution in [0, 0.1) is 11.8 Å². The number of carbonyl (C=O) groups excluding carboxylic acids is 2. The molecular formula is C18H29N3O2. The van der Waals surface area contributed by atoms with Crippen LogP contribution in [-0.2, 0) is 9.59 Å². The number of amides is 2. The van der Waals surface area contributed by atoms with Crippen LogP contribution in [0.25, 0.3) is 0 Å². The van der Waals surface area contributed by atoms with Gasteiger partial charge in [-0.25, -0.2) is 0 Å². The molecule has 2 aliphatic carbocycles. The predicted molar refractivity (Wildman–Crippen MR) is 87.8 cm³/mol. The fourth-order valence-corrected chi connectivity index (χ4v) is 4.43. The normalized spacial score (nSPS) is 30.5. The van der Waals surface area contributed by atoms with Gasteiger partial charge in [0, 0.05) is 38.6 Å². The highest BCUT2D eigenvalue weighted by Gasteiger charge is 2.43. The summed E-state index contributed by atoms with van der Waals surface area (Å²) < 4.78 is 0. The molecule has 1 N–H and O–H groups in total. The summed E-state index contributed by atoms with van der Waals surface area (Å²) in [5.41, 5.74) is 0. The minimum absolute atomic E-state index is 0.0988. The van der Waals surface area contributed by atoms with Gasteiger partial charge >= 0.3 is 0 Å². The minimum atomic E-state index is -0.115. The molecule has 0 bridgehead atoms. The summed E-state index contributed by atoms with van der Waals surface area (Å²) in [5, 5.41) is 3.05. The van der Waals surface area contributed by atoms with E-state index < -0.39 is 0 Å². The highest BCUT2D eigenvalue weighted by molar-refractivity contribution is 5.89. The third-order valence-electron chi connectivity index (χ3n) is 6.07. The lowest BCUT2D eigenvalue weighted by Crippen LogP contribution is -2.60. The van der Waals surface area contributed by atoms with Gasteiger partial charge in [-0.3, -0.25) is 14.5 Å². The van der Waals surface area contributed by atoms with Crippen LogP contribution in [0.1, 0.15) is 51.4 Å². The Balaban J connectivity index is 1.22. The average molecular weight is 319 g/mol. The van der Waals surface area contributed by atoms with Crippen molar-refractivity contribution in [2.75, 3.05) is 26.2 Å². The van der Waals surface area contributed by atoms with Crippen LogP contribution in [-0.4, -0.2) is 59.9 Å². The number of hydrogen-bond acceptors (Lipinski definition) is 3. The molecule has 4 aliphatic rings. The maximum absolute atomic E-state index is 12.2. The van der Waals surface area contributed by atoms with Gasteiger partial charge in [0.15, 0.2) is 0 Å². The van der Waals surface area contributed by atoms with Crippen molar-refractivity contribution < 1.29 is 9.59 Å². The zero-order valence-corrected chi connectivity index (χ0v) is 14.0. The van der Waals surface area contributed by atoms with Crippen molar-refractivity contribution in [3.8, 4) is 0 Å². The first-order valence-electron chi connectivity index (χ1n) is 9.51. The number of nitrogens with one attached hydrogen (secondary N) is 1. The van der Waals surface area contributed by atoms with Gasteiger partial charge in [0.2, 0.25) is 11.8 Å². The molecule has 0 aromatic rings. The van der Waals surface area contributed by atoms with Crippen LogP contribution in [0.4, 0.5) is 0 Å². The zero-order valence-electron chi connectivity index (χ0n) is 14.0. The third-order valence-corrected chi connectivity index (χ3v) is 6.07. The van der Waals surface area contributed by atoms with Gasteiger partial charge in [0.05, 0.1) is 12.0 Å². The second kappa shape index (κ2) is 6.42. The first kappa shape index (κ1) is 15.4. The molecule has 2 saturated heterocycles. The molecule has 0 radical (unpaired) electrons. The fourth-order valence-electron chi connectivity index (χ4n) is 4.43. The Morgan fingerprint density at radius 3 is 2.48 bits per heavy atom. The van der Waals surface area contributed by atoms with Crippen LogP contribution < -0.4 is 5.32 Å². The van der Waals surface area contributed by atoms with Gasteiger partial charge in [-0.05, 0) is 31.6 Å². The Labute approximate surface area is 138 Å². The summed E-state index contributed by atoms with van der Waals surface area (Å²) in [6.45, 7) is 3.88. The Morgan fingerprint density at radius 2 is 1.78 bits per heavy atom. The van der Waals surface area contributed by atoms with Crippen molar-refractivity contribution in [2.24, 2.45) is 11.8 Å². The van der Waals surface area contributed by atoms with Crippen LogP contribution in [0.5, 0.6) is 0 Å². The van der Waals surface area contributed by atoms with Crippen LogP contribution in [0.2, 0.25) is 0 Å². The molecule has 23 heavy (non-hydrogen) atoms. The Morgan fingerprint density at radius 1 is 1.04 bits per heavy atom. The molecular weight excluding hydrogens is 290 g/mol. The van der Waals surface area contributed by atoms with Gasteiger partial charge in [-0.2, -0.15) is 0 Å². The smallest absolute Gasteiger partial charge is 0.225 e. The summed E-state index contributed by atoms with van der Waals surface area (Å²) in [6.07, 6.45) is 9.59. The zero-order chi connectivity index (χ0) is 15.8. The SMILES string of the molecule is O=C(NC1CC1)C1CC(=O)N(C2CN(CC3CCCCC3)C2)C1. The fraction of sp³-hybridized carbons (Fsp3) is 0.889. The van der Waals surface area contributed by atoms with E-state index in [1.54, 1.807) is 0 Å².